The maximum absolute atomic E-state index is 14.4. The molecule has 0 radical (unpaired) electrons. The van der Waals surface area contributed by atoms with E-state index in [0.717, 1.165) is 50.0 Å². The zero-order valence-electron chi connectivity index (χ0n) is 16.6. The van der Waals surface area contributed by atoms with Crippen molar-refractivity contribution < 1.29 is 14.2 Å². The van der Waals surface area contributed by atoms with Crippen molar-refractivity contribution in [1.29, 1.82) is 0 Å². The van der Waals surface area contributed by atoms with Crippen LogP contribution in [0.25, 0.3) is 0 Å². The molecule has 1 heterocycles. The first-order valence-electron chi connectivity index (χ1n) is 10.5. The van der Waals surface area contributed by atoms with Gasteiger partial charge in [-0.1, -0.05) is 49.2 Å². The Balaban J connectivity index is 1.74. The van der Waals surface area contributed by atoms with E-state index < -0.39 is 5.60 Å². The number of likely N-dealkylation sites (tertiary alicyclic amines) is 1. The number of fused-ring (bicyclic) bond motifs is 1. The zero-order chi connectivity index (χ0) is 19.6. The normalized spacial score (nSPS) is 28.0. The van der Waals surface area contributed by atoms with Crippen LogP contribution >= 0.6 is 0 Å². The minimum atomic E-state index is -0.631. The van der Waals surface area contributed by atoms with E-state index in [4.69, 9.17) is 4.74 Å². The Hall–Kier alpha value is -1.91. The number of hydrogen-bond acceptors (Lipinski definition) is 3. The topological polar surface area (TPSA) is 32.7 Å². The van der Waals surface area contributed by atoms with Crippen LogP contribution in [0.4, 0.5) is 4.39 Å². The molecule has 0 unspecified atom stereocenters. The summed E-state index contributed by atoms with van der Waals surface area (Å²) in [5.74, 6) is 0.857. The minimum Gasteiger partial charge on any atom is -0.494 e. The van der Waals surface area contributed by atoms with E-state index in [1.54, 1.807) is 6.07 Å². The van der Waals surface area contributed by atoms with Crippen molar-refractivity contribution in [3.63, 3.8) is 0 Å². The van der Waals surface area contributed by atoms with Crippen LogP contribution in [0.5, 0.6) is 5.75 Å². The third-order valence-corrected chi connectivity index (χ3v) is 6.54. The molecule has 0 bridgehead atoms. The lowest BCUT2D eigenvalue weighted by Crippen LogP contribution is -2.54. The van der Waals surface area contributed by atoms with E-state index in [0.29, 0.717) is 18.7 Å². The highest BCUT2D eigenvalue weighted by molar-refractivity contribution is 5.38. The second-order valence-electron chi connectivity index (χ2n) is 8.18. The molecular formula is C24H30FNO2. The average Bonchev–Trinajstić information content (AvgIpc) is 2.70. The Labute approximate surface area is 167 Å². The Morgan fingerprint density at radius 2 is 1.89 bits per heavy atom. The molecule has 2 aromatic rings. The quantitative estimate of drug-likeness (QED) is 0.780. The van der Waals surface area contributed by atoms with Crippen LogP contribution in [0.2, 0.25) is 0 Å². The van der Waals surface area contributed by atoms with Gasteiger partial charge in [0.05, 0.1) is 12.2 Å². The molecule has 1 aliphatic heterocycles. The van der Waals surface area contributed by atoms with E-state index in [2.05, 4.69) is 11.0 Å². The van der Waals surface area contributed by atoms with Gasteiger partial charge in [-0.15, -0.1) is 0 Å². The van der Waals surface area contributed by atoms with Gasteiger partial charge in [-0.25, -0.2) is 4.39 Å². The molecule has 28 heavy (non-hydrogen) atoms. The van der Waals surface area contributed by atoms with Gasteiger partial charge in [0.2, 0.25) is 0 Å². The van der Waals surface area contributed by atoms with Gasteiger partial charge in [-0.3, -0.25) is 4.90 Å². The molecule has 3 nitrogen and oxygen atoms in total. The number of benzene rings is 2. The molecule has 150 valence electrons. The molecule has 4 rings (SSSR count). The fraction of sp³-hybridized carbons (Fsp3) is 0.500. The van der Waals surface area contributed by atoms with Crippen LogP contribution < -0.4 is 4.74 Å². The minimum absolute atomic E-state index is 0.0291. The monoisotopic (exact) mass is 383 g/mol. The first-order chi connectivity index (χ1) is 13.6. The maximum atomic E-state index is 14.4. The highest BCUT2D eigenvalue weighted by atomic mass is 19.1. The van der Waals surface area contributed by atoms with Crippen molar-refractivity contribution in [1.82, 2.24) is 4.90 Å². The number of piperidine rings is 1. The van der Waals surface area contributed by atoms with Gasteiger partial charge in [-0.2, -0.15) is 0 Å². The number of nitrogens with zero attached hydrogens (tertiary/aromatic N) is 1. The molecule has 1 aliphatic carbocycles. The summed E-state index contributed by atoms with van der Waals surface area (Å²) in [6.45, 7) is 3.90. The fourth-order valence-electron chi connectivity index (χ4n) is 5.19. The summed E-state index contributed by atoms with van der Waals surface area (Å²) in [4.78, 5) is 2.35. The van der Waals surface area contributed by atoms with Crippen molar-refractivity contribution in [2.75, 3.05) is 13.2 Å². The van der Waals surface area contributed by atoms with Crippen LogP contribution in [-0.2, 0) is 6.54 Å². The zero-order valence-corrected chi connectivity index (χ0v) is 16.6. The van der Waals surface area contributed by atoms with Crippen LogP contribution in [-0.4, -0.2) is 28.8 Å². The summed E-state index contributed by atoms with van der Waals surface area (Å²) in [5, 5.41) is 11.4. The predicted octanol–water partition coefficient (Wildman–Crippen LogP) is 5.09. The standard InChI is InChI=1S/C24H30FNO2/c1-2-28-22-13-6-4-10-19(22)23-20-11-7-8-14-24(20,27)15-16-26(23)17-18-9-3-5-12-21(18)25/h3-6,9-10,12-13,20,23,27H,2,7-8,11,14-17H2,1H3/t20-,23+,24-/m1/s1. The van der Waals surface area contributed by atoms with Crippen molar-refractivity contribution in [2.24, 2.45) is 5.92 Å². The molecule has 0 amide bonds. The van der Waals surface area contributed by atoms with Crippen molar-refractivity contribution in [3.05, 3.63) is 65.5 Å². The maximum Gasteiger partial charge on any atom is 0.127 e. The van der Waals surface area contributed by atoms with Crippen molar-refractivity contribution in [3.8, 4) is 5.75 Å². The van der Waals surface area contributed by atoms with Crippen LogP contribution in [0, 0.1) is 11.7 Å². The summed E-state index contributed by atoms with van der Waals surface area (Å²) in [6, 6.07) is 15.2. The Morgan fingerprint density at radius 1 is 1.11 bits per heavy atom. The van der Waals surface area contributed by atoms with E-state index >= 15 is 0 Å². The van der Waals surface area contributed by atoms with E-state index in [1.807, 2.05) is 37.3 Å². The Kier molecular flexibility index (Phi) is 5.70. The summed E-state index contributed by atoms with van der Waals surface area (Å²) < 4.78 is 20.3. The number of halogens is 1. The lowest BCUT2D eigenvalue weighted by Gasteiger charge is -2.53. The third-order valence-electron chi connectivity index (χ3n) is 6.54. The first kappa shape index (κ1) is 19.4. The molecule has 0 aromatic heterocycles. The number of aliphatic hydroxyl groups is 1. The summed E-state index contributed by atoms with van der Waals surface area (Å²) in [7, 11) is 0. The lowest BCUT2D eigenvalue weighted by atomic mass is 9.66. The number of hydrogen-bond donors (Lipinski definition) is 1. The van der Waals surface area contributed by atoms with Gasteiger partial charge in [-0.05, 0) is 38.3 Å². The number of para-hydroxylation sites is 1. The van der Waals surface area contributed by atoms with Gasteiger partial charge in [0.25, 0.3) is 0 Å². The second-order valence-corrected chi connectivity index (χ2v) is 8.18. The highest BCUT2D eigenvalue weighted by Crippen LogP contribution is 2.51. The highest BCUT2D eigenvalue weighted by Gasteiger charge is 2.49. The number of rotatable bonds is 5. The van der Waals surface area contributed by atoms with Gasteiger partial charge < -0.3 is 9.84 Å². The van der Waals surface area contributed by atoms with Gasteiger partial charge >= 0.3 is 0 Å². The summed E-state index contributed by atoms with van der Waals surface area (Å²) in [5.41, 5.74) is 1.20. The van der Waals surface area contributed by atoms with Gasteiger partial charge in [0.15, 0.2) is 0 Å². The van der Waals surface area contributed by atoms with Crippen molar-refractivity contribution in [2.45, 2.75) is 57.2 Å². The molecule has 2 fully saturated rings. The van der Waals surface area contributed by atoms with Gasteiger partial charge in [0, 0.05) is 36.2 Å². The third kappa shape index (κ3) is 3.68. The van der Waals surface area contributed by atoms with E-state index in [1.165, 1.54) is 6.07 Å². The summed E-state index contributed by atoms with van der Waals surface area (Å²) in [6.07, 6.45) is 4.82. The van der Waals surface area contributed by atoms with Crippen molar-refractivity contribution >= 4 is 0 Å². The largest absolute Gasteiger partial charge is 0.494 e. The summed E-state index contributed by atoms with van der Waals surface area (Å²) >= 11 is 0. The molecule has 4 heteroatoms. The number of ether oxygens (including phenoxy) is 1. The molecule has 2 aliphatic rings. The molecular weight excluding hydrogens is 353 g/mol. The average molecular weight is 384 g/mol. The van der Waals surface area contributed by atoms with E-state index in [-0.39, 0.29) is 17.8 Å². The molecule has 1 saturated carbocycles. The molecule has 0 spiro atoms. The Morgan fingerprint density at radius 3 is 2.71 bits per heavy atom. The first-order valence-corrected chi connectivity index (χ1v) is 10.5. The van der Waals surface area contributed by atoms with Crippen LogP contribution in [0.3, 0.4) is 0 Å². The lowest BCUT2D eigenvalue weighted by molar-refractivity contribution is -0.126. The smallest absolute Gasteiger partial charge is 0.127 e. The molecule has 1 saturated heterocycles. The SMILES string of the molecule is CCOc1ccccc1[C@H]1[C@H]2CCCC[C@@]2(O)CCN1Cc1ccccc1F. The Bertz CT molecular complexity index is 811. The van der Waals surface area contributed by atoms with E-state index in [9.17, 15) is 9.50 Å². The molecule has 1 N–H and O–H groups in total. The molecule has 2 aromatic carbocycles. The van der Waals surface area contributed by atoms with Gasteiger partial charge in [0.1, 0.15) is 11.6 Å². The molecule has 3 atom stereocenters. The van der Waals surface area contributed by atoms with Crippen LogP contribution in [0.1, 0.15) is 56.2 Å². The predicted molar refractivity (Wildman–Crippen MR) is 109 cm³/mol. The van der Waals surface area contributed by atoms with Crippen LogP contribution in [0.15, 0.2) is 48.5 Å². The second kappa shape index (κ2) is 8.22. The fourth-order valence-corrected chi connectivity index (χ4v) is 5.19.